The van der Waals surface area contributed by atoms with E-state index in [2.05, 4.69) is 15.3 Å². The fraction of sp³-hybridized carbons (Fsp3) is 0.529. The van der Waals surface area contributed by atoms with Gasteiger partial charge >= 0.3 is 6.18 Å². The number of anilines is 2. The van der Waals surface area contributed by atoms with E-state index in [1.54, 1.807) is 0 Å². The van der Waals surface area contributed by atoms with Crippen LogP contribution in [-0.4, -0.2) is 70.8 Å². The number of aryl methyl sites for hydroxylation is 1. The highest BCUT2D eigenvalue weighted by Crippen LogP contribution is 2.33. The van der Waals surface area contributed by atoms with E-state index >= 15 is 0 Å². The largest absolute Gasteiger partial charge is 0.397 e. The summed E-state index contributed by atoms with van der Waals surface area (Å²) in [5, 5.41) is 12.1. The molecular weight excluding hydrogens is 411 g/mol. The van der Waals surface area contributed by atoms with Crippen molar-refractivity contribution in [2.75, 3.05) is 43.0 Å². The number of aliphatic hydroxyl groups is 1. The van der Waals surface area contributed by atoms with Crippen molar-refractivity contribution in [1.82, 2.24) is 14.9 Å². The Hall–Kier alpha value is -2.47. The number of aromatic nitrogens is 2. The number of amides is 2. The van der Waals surface area contributed by atoms with E-state index in [0.29, 0.717) is 23.7 Å². The molecule has 2 aromatic heterocycles. The number of nitrogens with one attached hydrogen (secondary N) is 1. The fourth-order valence-electron chi connectivity index (χ4n) is 3.04. The summed E-state index contributed by atoms with van der Waals surface area (Å²) in [6.45, 7) is 2.19. The van der Waals surface area contributed by atoms with Crippen LogP contribution in [0.2, 0.25) is 0 Å². The maximum absolute atomic E-state index is 12.5. The molecule has 29 heavy (non-hydrogen) atoms. The molecule has 0 spiro atoms. The molecule has 0 bridgehead atoms. The summed E-state index contributed by atoms with van der Waals surface area (Å²) in [6.07, 6.45) is -5.20. The van der Waals surface area contributed by atoms with Gasteiger partial charge in [-0.3, -0.25) is 14.9 Å². The molecule has 12 heteroatoms. The van der Waals surface area contributed by atoms with Crippen LogP contribution in [0.1, 0.15) is 18.2 Å². The predicted octanol–water partition coefficient (Wildman–Crippen LogP) is 1.79. The summed E-state index contributed by atoms with van der Waals surface area (Å²) < 4.78 is 37.4. The molecule has 158 valence electrons. The van der Waals surface area contributed by atoms with E-state index in [-0.39, 0.29) is 19.0 Å². The van der Waals surface area contributed by atoms with Crippen molar-refractivity contribution in [3.05, 3.63) is 10.9 Å². The van der Waals surface area contributed by atoms with Crippen LogP contribution in [0.5, 0.6) is 0 Å². The maximum Gasteiger partial charge on any atom is 0.397 e. The van der Waals surface area contributed by atoms with Gasteiger partial charge in [0, 0.05) is 31.1 Å². The minimum atomic E-state index is -4.53. The molecule has 3 heterocycles. The summed E-state index contributed by atoms with van der Waals surface area (Å²) in [4.78, 5) is 36.8. The van der Waals surface area contributed by atoms with Crippen LogP contribution >= 0.6 is 11.3 Å². The lowest BCUT2D eigenvalue weighted by Gasteiger charge is -2.35. The molecule has 1 saturated heterocycles. The van der Waals surface area contributed by atoms with Gasteiger partial charge in [-0.2, -0.15) is 18.2 Å². The number of carbonyl (C=O) groups is 2. The zero-order valence-electron chi connectivity index (χ0n) is 15.6. The van der Waals surface area contributed by atoms with E-state index in [4.69, 9.17) is 5.11 Å². The van der Waals surface area contributed by atoms with Gasteiger partial charge in [-0.05, 0) is 12.5 Å². The first-order valence-corrected chi connectivity index (χ1v) is 9.82. The second kappa shape index (κ2) is 8.49. The third-order valence-corrected chi connectivity index (χ3v) is 5.62. The first-order chi connectivity index (χ1) is 13.7. The Balaban J connectivity index is 1.82. The molecule has 0 atom stereocenters. The minimum Gasteiger partial charge on any atom is -0.387 e. The Morgan fingerprint density at radius 1 is 1.24 bits per heavy atom. The highest BCUT2D eigenvalue weighted by molar-refractivity contribution is 7.18. The Morgan fingerprint density at radius 2 is 1.93 bits per heavy atom. The van der Waals surface area contributed by atoms with E-state index < -0.39 is 31.0 Å². The van der Waals surface area contributed by atoms with Gasteiger partial charge in [0.15, 0.2) is 0 Å². The van der Waals surface area contributed by atoms with Crippen molar-refractivity contribution in [2.24, 2.45) is 0 Å². The number of rotatable bonds is 5. The van der Waals surface area contributed by atoms with E-state index in [9.17, 15) is 22.8 Å². The second-order valence-corrected chi connectivity index (χ2v) is 7.64. The highest BCUT2D eigenvalue weighted by atomic mass is 32.1. The number of carbonyl (C=O) groups excluding carboxylic acids is 2. The van der Waals surface area contributed by atoms with E-state index in [1.807, 2.05) is 17.9 Å². The van der Waals surface area contributed by atoms with Gasteiger partial charge in [-0.15, -0.1) is 11.3 Å². The average Bonchev–Trinajstić information content (AvgIpc) is 3.09. The van der Waals surface area contributed by atoms with E-state index in [0.717, 1.165) is 16.7 Å². The Labute approximate surface area is 168 Å². The van der Waals surface area contributed by atoms with Gasteiger partial charge in [0.1, 0.15) is 23.7 Å². The van der Waals surface area contributed by atoms with Gasteiger partial charge in [-0.1, -0.05) is 6.92 Å². The fourth-order valence-corrected chi connectivity index (χ4v) is 4.00. The first kappa shape index (κ1) is 21.2. The highest BCUT2D eigenvalue weighted by Gasteiger charge is 2.34. The minimum absolute atomic E-state index is 0.0478. The number of nitrogens with zero attached hydrogens (tertiary/aromatic N) is 4. The summed E-state index contributed by atoms with van der Waals surface area (Å²) in [5.74, 6) is -0.997. The van der Waals surface area contributed by atoms with Crippen LogP contribution in [0.25, 0.3) is 10.2 Å². The van der Waals surface area contributed by atoms with Crippen molar-refractivity contribution in [3.8, 4) is 0 Å². The molecule has 1 aliphatic rings. The predicted molar refractivity (Wildman–Crippen MR) is 102 cm³/mol. The van der Waals surface area contributed by atoms with Crippen molar-refractivity contribution >= 4 is 45.1 Å². The first-order valence-electron chi connectivity index (χ1n) is 9.00. The molecule has 0 aliphatic carbocycles. The summed E-state index contributed by atoms with van der Waals surface area (Å²) in [6, 6.07) is 1.95. The maximum atomic E-state index is 12.5. The molecule has 2 N–H and O–H groups in total. The van der Waals surface area contributed by atoms with Crippen LogP contribution in [0.15, 0.2) is 6.07 Å². The summed E-state index contributed by atoms with van der Waals surface area (Å²) in [7, 11) is 0. The number of piperazine rings is 1. The normalized spacial score (nSPS) is 15.1. The lowest BCUT2D eigenvalue weighted by atomic mass is 10.2. The number of hydrogen-bond donors (Lipinski definition) is 2. The Kier molecular flexibility index (Phi) is 6.22. The van der Waals surface area contributed by atoms with Crippen molar-refractivity contribution in [1.29, 1.82) is 0 Å². The second-order valence-electron chi connectivity index (χ2n) is 6.52. The standard InChI is InChI=1S/C17H20F3N5O3S/c1-2-10-7-11-14(22-16(21-12(27)9-26)23-15(11)29-10)25-5-3-24(4-6-25)13(28)8-17(18,19)20/h7,26H,2-6,8-9H2,1H3,(H,21,22,23,27). The molecule has 3 rings (SSSR count). The molecule has 0 unspecified atom stereocenters. The Bertz CT molecular complexity index is 910. The third kappa shape index (κ3) is 5.12. The molecule has 1 aliphatic heterocycles. The lowest BCUT2D eigenvalue weighted by molar-refractivity contribution is -0.161. The van der Waals surface area contributed by atoms with Gasteiger partial charge in [-0.25, -0.2) is 4.98 Å². The molecule has 2 aromatic rings. The van der Waals surface area contributed by atoms with Crippen LogP contribution in [0, 0.1) is 0 Å². The topological polar surface area (TPSA) is 98.7 Å². The summed E-state index contributed by atoms with van der Waals surface area (Å²) in [5.41, 5.74) is 0. The zero-order valence-corrected chi connectivity index (χ0v) is 16.4. The third-order valence-electron chi connectivity index (χ3n) is 4.45. The number of aliphatic hydroxyl groups excluding tert-OH is 1. The molecule has 0 saturated carbocycles. The monoisotopic (exact) mass is 431 g/mol. The lowest BCUT2D eigenvalue weighted by Crippen LogP contribution is -2.49. The van der Waals surface area contributed by atoms with E-state index in [1.165, 1.54) is 16.2 Å². The van der Waals surface area contributed by atoms with Gasteiger partial charge in [0.25, 0.3) is 5.91 Å². The SMILES string of the molecule is CCc1cc2c(N3CCN(C(=O)CC(F)(F)F)CC3)nc(NC(=O)CO)nc2s1. The van der Waals surface area contributed by atoms with Gasteiger partial charge < -0.3 is 14.9 Å². The van der Waals surface area contributed by atoms with Crippen LogP contribution < -0.4 is 10.2 Å². The van der Waals surface area contributed by atoms with Crippen molar-refractivity contribution in [3.63, 3.8) is 0 Å². The van der Waals surface area contributed by atoms with Crippen LogP contribution in [0.4, 0.5) is 24.9 Å². The number of hydrogen-bond acceptors (Lipinski definition) is 7. The van der Waals surface area contributed by atoms with Crippen LogP contribution in [-0.2, 0) is 16.0 Å². The number of halogens is 3. The van der Waals surface area contributed by atoms with Gasteiger partial charge in [0.2, 0.25) is 11.9 Å². The molecule has 2 amide bonds. The Morgan fingerprint density at radius 3 is 2.52 bits per heavy atom. The summed E-state index contributed by atoms with van der Waals surface area (Å²) >= 11 is 1.45. The smallest absolute Gasteiger partial charge is 0.387 e. The molecule has 0 radical (unpaired) electrons. The molecule has 0 aromatic carbocycles. The van der Waals surface area contributed by atoms with Crippen molar-refractivity contribution in [2.45, 2.75) is 25.9 Å². The average molecular weight is 431 g/mol. The molecular formula is C17H20F3N5O3S. The number of fused-ring (bicyclic) bond motifs is 1. The number of thiophene rings is 1. The number of alkyl halides is 3. The van der Waals surface area contributed by atoms with Crippen LogP contribution in [0.3, 0.4) is 0 Å². The van der Waals surface area contributed by atoms with Crippen molar-refractivity contribution < 1.29 is 27.9 Å². The zero-order chi connectivity index (χ0) is 21.2. The molecule has 8 nitrogen and oxygen atoms in total. The van der Waals surface area contributed by atoms with Gasteiger partial charge in [0.05, 0.1) is 5.39 Å². The quantitative estimate of drug-likeness (QED) is 0.749. The molecule has 1 fully saturated rings.